The summed E-state index contributed by atoms with van der Waals surface area (Å²) in [5.74, 6) is -0.111. The van der Waals surface area contributed by atoms with Crippen LogP contribution in [0.5, 0.6) is 0 Å². The number of amidine groups is 1. The number of nitrogens with zero attached hydrogens (tertiary/aromatic N) is 2. The molecule has 0 radical (unpaired) electrons. The van der Waals surface area contributed by atoms with Gasteiger partial charge in [0, 0.05) is 27.7 Å². The van der Waals surface area contributed by atoms with Gasteiger partial charge in [-0.3, -0.25) is 9.79 Å². The molecule has 2 aromatic rings. The molecule has 2 aliphatic rings. The Hall–Kier alpha value is -2.05. The number of aliphatic imine (C=N–C) groups is 1. The predicted molar refractivity (Wildman–Crippen MR) is 103 cm³/mol. The van der Waals surface area contributed by atoms with Gasteiger partial charge >= 0.3 is 0 Å². The Morgan fingerprint density at radius 2 is 1.88 bits per heavy atom. The Labute approximate surface area is 152 Å². The van der Waals surface area contributed by atoms with E-state index in [1.54, 1.807) is 23.9 Å². The number of thioether (sulfide) groups is 1. The van der Waals surface area contributed by atoms with Crippen molar-refractivity contribution in [1.82, 2.24) is 4.90 Å². The van der Waals surface area contributed by atoms with Crippen LogP contribution < -0.4 is 5.32 Å². The Kier molecular flexibility index (Phi) is 4.16. The molecule has 2 aromatic carbocycles. The van der Waals surface area contributed by atoms with Crippen molar-refractivity contribution in [3.8, 4) is 0 Å². The molecule has 24 heavy (non-hydrogen) atoms. The van der Waals surface area contributed by atoms with Gasteiger partial charge < -0.3 is 10.2 Å². The number of benzene rings is 2. The third-order valence-corrected chi connectivity index (χ3v) is 5.34. The first kappa shape index (κ1) is 15.5. The molecule has 120 valence electrons. The van der Waals surface area contributed by atoms with Crippen LogP contribution in [0.2, 0.25) is 0 Å². The third kappa shape index (κ3) is 2.99. The van der Waals surface area contributed by atoms with Crippen molar-refractivity contribution < 1.29 is 4.79 Å². The molecule has 4 nitrogen and oxygen atoms in total. The van der Waals surface area contributed by atoms with Crippen molar-refractivity contribution in [2.24, 2.45) is 4.99 Å². The Morgan fingerprint density at radius 1 is 1.12 bits per heavy atom. The van der Waals surface area contributed by atoms with E-state index < -0.39 is 0 Å². The first-order valence-electron chi connectivity index (χ1n) is 7.57. The molecule has 0 unspecified atom stereocenters. The van der Waals surface area contributed by atoms with Crippen LogP contribution in [0.25, 0.3) is 5.70 Å². The highest BCUT2D eigenvalue weighted by atomic mass is 79.9. The monoisotopic (exact) mass is 399 g/mol. The number of fused-ring (bicyclic) bond motifs is 1. The summed E-state index contributed by atoms with van der Waals surface area (Å²) in [5, 5.41) is 6.14. The van der Waals surface area contributed by atoms with Gasteiger partial charge in [0.15, 0.2) is 5.17 Å². The molecule has 2 heterocycles. The number of anilines is 1. The second-order valence-electron chi connectivity index (χ2n) is 5.48. The lowest BCUT2D eigenvalue weighted by Crippen LogP contribution is -2.19. The van der Waals surface area contributed by atoms with E-state index in [1.807, 2.05) is 36.4 Å². The number of rotatable bonds is 3. The quantitative estimate of drug-likeness (QED) is 0.830. The van der Waals surface area contributed by atoms with E-state index in [9.17, 15) is 4.79 Å². The second-order valence-corrected chi connectivity index (χ2v) is 7.23. The number of carbonyl (C=O) groups excluding carboxylic acids is 1. The minimum atomic E-state index is -0.111. The summed E-state index contributed by atoms with van der Waals surface area (Å²) in [7, 11) is 0. The van der Waals surface area contributed by atoms with Crippen LogP contribution in [0.4, 0.5) is 5.69 Å². The van der Waals surface area contributed by atoms with Crippen molar-refractivity contribution in [3.63, 3.8) is 0 Å². The maximum absolute atomic E-state index is 12.3. The van der Waals surface area contributed by atoms with Crippen molar-refractivity contribution >= 4 is 50.2 Å². The highest BCUT2D eigenvalue weighted by Gasteiger charge is 2.26. The first-order valence-corrected chi connectivity index (χ1v) is 9.24. The summed E-state index contributed by atoms with van der Waals surface area (Å²) >= 11 is 5.04. The Bertz CT molecular complexity index is 844. The maximum atomic E-state index is 12.3. The zero-order valence-electron chi connectivity index (χ0n) is 12.7. The fourth-order valence-corrected chi connectivity index (χ4v) is 3.90. The number of hydrogen-bond acceptors (Lipinski definition) is 4. The first-order chi connectivity index (χ1) is 11.7. The second kappa shape index (κ2) is 6.45. The normalized spacial score (nSPS) is 15.8. The van der Waals surface area contributed by atoms with E-state index in [0.29, 0.717) is 5.56 Å². The van der Waals surface area contributed by atoms with Gasteiger partial charge in [0.1, 0.15) is 0 Å². The van der Waals surface area contributed by atoms with Crippen molar-refractivity contribution in [3.05, 3.63) is 69.5 Å². The largest absolute Gasteiger partial charge is 0.322 e. The molecule has 1 N–H and O–H groups in total. The molecule has 0 saturated carbocycles. The van der Waals surface area contributed by atoms with E-state index in [0.717, 1.165) is 34.0 Å². The summed E-state index contributed by atoms with van der Waals surface area (Å²) < 4.78 is 0.955. The van der Waals surface area contributed by atoms with Crippen LogP contribution in [0.1, 0.15) is 15.9 Å². The molecule has 0 fully saturated rings. The Morgan fingerprint density at radius 3 is 2.62 bits per heavy atom. The van der Waals surface area contributed by atoms with E-state index in [-0.39, 0.29) is 5.91 Å². The number of hydrogen-bond donors (Lipinski definition) is 1. The van der Waals surface area contributed by atoms with Crippen LogP contribution in [-0.4, -0.2) is 29.1 Å². The number of nitrogens with one attached hydrogen (secondary N) is 1. The molecule has 0 spiro atoms. The highest BCUT2D eigenvalue weighted by molar-refractivity contribution is 9.10. The molecule has 0 atom stereocenters. The van der Waals surface area contributed by atoms with Crippen LogP contribution in [0, 0.1) is 0 Å². The van der Waals surface area contributed by atoms with Crippen molar-refractivity contribution in [2.75, 3.05) is 18.4 Å². The number of carbonyl (C=O) groups is 1. The molecule has 2 aliphatic heterocycles. The van der Waals surface area contributed by atoms with Gasteiger partial charge in [-0.2, -0.15) is 0 Å². The van der Waals surface area contributed by atoms with Gasteiger partial charge in [0.2, 0.25) is 0 Å². The van der Waals surface area contributed by atoms with Gasteiger partial charge in [-0.25, -0.2) is 0 Å². The molecular weight excluding hydrogens is 386 g/mol. The smallest absolute Gasteiger partial charge is 0.255 e. The minimum Gasteiger partial charge on any atom is -0.322 e. The molecule has 1 amide bonds. The topological polar surface area (TPSA) is 44.7 Å². The summed E-state index contributed by atoms with van der Waals surface area (Å²) in [6, 6.07) is 15.2. The van der Waals surface area contributed by atoms with Crippen LogP contribution in [0.15, 0.2) is 63.4 Å². The van der Waals surface area contributed by atoms with Crippen molar-refractivity contribution in [1.29, 1.82) is 0 Å². The Balaban J connectivity index is 1.47. The maximum Gasteiger partial charge on any atom is 0.255 e. The van der Waals surface area contributed by atoms with Gasteiger partial charge in [0.25, 0.3) is 5.91 Å². The van der Waals surface area contributed by atoms with E-state index >= 15 is 0 Å². The van der Waals surface area contributed by atoms with Crippen LogP contribution in [0.3, 0.4) is 0 Å². The standard InChI is InChI=1S/C18H14BrN3OS/c19-14-5-1-13(2-6-14)17(23)21-15-7-3-12(4-8-15)16-11-24-18-20-9-10-22(16)18/h1-8,11H,9-10H2,(H,21,23). The third-order valence-electron chi connectivity index (χ3n) is 3.91. The van der Waals surface area contributed by atoms with E-state index in [1.165, 1.54) is 5.70 Å². The van der Waals surface area contributed by atoms with Gasteiger partial charge in [-0.1, -0.05) is 39.8 Å². The highest BCUT2D eigenvalue weighted by Crippen LogP contribution is 2.35. The molecular formula is C18H14BrN3OS. The summed E-state index contributed by atoms with van der Waals surface area (Å²) in [5.41, 5.74) is 3.74. The van der Waals surface area contributed by atoms with Gasteiger partial charge in [-0.15, -0.1) is 0 Å². The zero-order chi connectivity index (χ0) is 16.5. The lowest BCUT2D eigenvalue weighted by Gasteiger charge is -2.16. The summed E-state index contributed by atoms with van der Waals surface area (Å²) in [6.45, 7) is 1.80. The number of amides is 1. The average Bonchev–Trinajstić information content (AvgIpc) is 3.20. The van der Waals surface area contributed by atoms with E-state index in [4.69, 9.17) is 0 Å². The molecule has 6 heteroatoms. The fraction of sp³-hybridized carbons (Fsp3) is 0.111. The number of halogens is 1. The SMILES string of the molecule is O=C(Nc1ccc(C2=CSC3=NCCN23)cc1)c1ccc(Br)cc1. The van der Waals surface area contributed by atoms with Gasteiger partial charge in [-0.05, 0) is 42.0 Å². The van der Waals surface area contributed by atoms with Crippen molar-refractivity contribution in [2.45, 2.75) is 0 Å². The molecule has 0 bridgehead atoms. The summed E-state index contributed by atoms with van der Waals surface area (Å²) in [6.07, 6.45) is 0. The van der Waals surface area contributed by atoms with Gasteiger partial charge in [0.05, 0.1) is 12.2 Å². The minimum absolute atomic E-state index is 0.111. The fourth-order valence-electron chi connectivity index (χ4n) is 2.68. The zero-order valence-corrected chi connectivity index (χ0v) is 15.1. The predicted octanol–water partition coefficient (Wildman–Crippen LogP) is 4.42. The molecule has 0 aliphatic carbocycles. The van der Waals surface area contributed by atoms with Crippen LogP contribution in [-0.2, 0) is 0 Å². The van der Waals surface area contributed by atoms with E-state index in [2.05, 4.69) is 36.5 Å². The average molecular weight is 400 g/mol. The molecule has 0 saturated heterocycles. The van der Waals surface area contributed by atoms with Crippen LogP contribution >= 0.6 is 27.7 Å². The lowest BCUT2D eigenvalue weighted by atomic mass is 10.1. The molecule has 0 aromatic heterocycles. The molecule has 4 rings (SSSR count). The lowest BCUT2D eigenvalue weighted by molar-refractivity contribution is 0.102. The summed E-state index contributed by atoms with van der Waals surface area (Å²) in [4.78, 5) is 19.0.